The van der Waals surface area contributed by atoms with E-state index in [-0.39, 0.29) is 11.8 Å². The number of rotatable bonds is 4. The van der Waals surface area contributed by atoms with Crippen molar-refractivity contribution in [1.29, 1.82) is 0 Å². The molecule has 0 saturated heterocycles. The molecule has 1 saturated carbocycles. The number of aryl methyl sites for hydroxylation is 1. The Morgan fingerprint density at radius 1 is 1.00 bits per heavy atom. The van der Waals surface area contributed by atoms with E-state index in [4.69, 9.17) is 5.73 Å². The van der Waals surface area contributed by atoms with Gasteiger partial charge in [0.05, 0.1) is 0 Å². The molecule has 0 aliphatic heterocycles. The highest BCUT2D eigenvalue weighted by molar-refractivity contribution is 5.97. The van der Waals surface area contributed by atoms with Gasteiger partial charge in [-0.15, -0.1) is 0 Å². The number of benzene rings is 2. The predicted octanol–water partition coefficient (Wildman–Crippen LogP) is 3.81. The van der Waals surface area contributed by atoms with Crippen LogP contribution in [0.4, 0.5) is 0 Å². The molecule has 0 heterocycles. The zero-order valence-electron chi connectivity index (χ0n) is 13.4. The van der Waals surface area contributed by atoms with Crippen LogP contribution >= 0.6 is 0 Å². The zero-order chi connectivity index (χ0) is 15.8. The normalized spacial score (nSPS) is 20.1. The van der Waals surface area contributed by atoms with Gasteiger partial charge in [-0.25, -0.2) is 0 Å². The topological polar surface area (TPSA) is 43.1 Å². The van der Waals surface area contributed by atoms with E-state index in [1.807, 2.05) is 6.07 Å². The number of fused-ring (bicyclic) bond motifs is 1. The summed E-state index contributed by atoms with van der Waals surface area (Å²) in [6.07, 6.45) is 6.07. The highest BCUT2D eigenvalue weighted by atomic mass is 16.1. The average Bonchev–Trinajstić information content (AvgIpc) is 3.40. The predicted molar refractivity (Wildman–Crippen MR) is 92.9 cm³/mol. The van der Waals surface area contributed by atoms with E-state index in [1.54, 1.807) is 0 Å². The molecular weight excluding hydrogens is 282 g/mol. The first-order valence-electron chi connectivity index (χ1n) is 8.68. The van der Waals surface area contributed by atoms with Gasteiger partial charge in [-0.2, -0.15) is 0 Å². The maximum absolute atomic E-state index is 12.6. The lowest BCUT2D eigenvalue weighted by molar-refractivity contribution is 0.0993. The Morgan fingerprint density at radius 2 is 1.78 bits per heavy atom. The molecule has 0 aromatic heterocycles. The maximum Gasteiger partial charge on any atom is 0.167 e. The molecule has 1 fully saturated rings. The van der Waals surface area contributed by atoms with Crippen molar-refractivity contribution in [1.82, 2.24) is 0 Å². The summed E-state index contributed by atoms with van der Waals surface area (Å²) in [4.78, 5) is 12.6. The van der Waals surface area contributed by atoms with Crippen molar-refractivity contribution in [3.8, 4) is 0 Å². The first-order chi connectivity index (χ1) is 11.2. The molecule has 1 atom stereocenters. The minimum Gasteiger partial charge on any atom is -0.327 e. The summed E-state index contributed by atoms with van der Waals surface area (Å²) in [6, 6.07) is 15.0. The molecule has 2 nitrogen and oxygen atoms in total. The molecule has 0 bridgehead atoms. The van der Waals surface area contributed by atoms with E-state index in [2.05, 4.69) is 36.4 Å². The SMILES string of the molecule is NC1CCc2cc(C(=O)Cc3ccc(C4CC4)cc3)ccc2C1. The van der Waals surface area contributed by atoms with E-state index in [9.17, 15) is 4.79 Å². The quantitative estimate of drug-likeness (QED) is 0.873. The van der Waals surface area contributed by atoms with Crippen molar-refractivity contribution in [2.24, 2.45) is 5.73 Å². The minimum atomic E-state index is 0.210. The van der Waals surface area contributed by atoms with Crippen molar-refractivity contribution in [3.63, 3.8) is 0 Å². The standard InChI is InChI=1S/C21H23NO/c22-20-10-9-17-12-19(8-7-18(17)13-20)21(23)11-14-1-3-15(4-2-14)16-5-6-16/h1-4,7-8,12,16,20H,5-6,9-11,13,22H2. The van der Waals surface area contributed by atoms with E-state index < -0.39 is 0 Å². The second-order valence-corrected chi connectivity index (χ2v) is 7.10. The number of carbonyl (C=O) groups excluding carboxylic acids is 1. The highest BCUT2D eigenvalue weighted by Crippen LogP contribution is 2.39. The fraction of sp³-hybridized carbons (Fsp3) is 0.381. The van der Waals surface area contributed by atoms with Gasteiger partial charge in [0, 0.05) is 18.0 Å². The monoisotopic (exact) mass is 305 g/mol. The van der Waals surface area contributed by atoms with Crippen LogP contribution in [-0.2, 0) is 19.3 Å². The third-order valence-corrected chi connectivity index (χ3v) is 5.19. The fourth-order valence-corrected chi connectivity index (χ4v) is 3.57. The third-order valence-electron chi connectivity index (χ3n) is 5.19. The molecule has 4 rings (SSSR count). The summed E-state index contributed by atoms with van der Waals surface area (Å²) >= 11 is 0. The molecule has 2 aliphatic rings. The summed E-state index contributed by atoms with van der Waals surface area (Å²) in [5.41, 5.74) is 12.0. The van der Waals surface area contributed by atoms with Crippen LogP contribution < -0.4 is 5.73 Å². The Balaban J connectivity index is 1.48. The average molecular weight is 305 g/mol. The van der Waals surface area contributed by atoms with Crippen LogP contribution in [0.25, 0.3) is 0 Å². The lowest BCUT2D eigenvalue weighted by atomic mass is 9.87. The van der Waals surface area contributed by atoms with Crippen molar-refractivity contribution in [2.75, 3.05) is 0 Å². The van der Waals surface area contributed by atoms with E-state index in [0.717, 1.165) is 36.3 Å². The van der Waals surface area contributed by atoms with E-state index in [1.165, 1.54) is 29.5 Å². The van der Waals surface area contributed by atoms with Gasteiger partial charge in [0.15, 0.2) is 5.78 Å². The van der Waals surface area contributed by atoms with Crippen LogP contribution in [-0.4, -0.2) is 11.8 Å². The summed E-state index contributed by atoms with van der Waals surface area (Å²) in [6.45, 7) is 0. The van der Waals surface area contributed by atoms with Gasteiger partial charge >= 0.3 is 0 Å². The molecule has 118 valence electrons. The Kier molecular flexibility index (Phi) is 3.78. The molecular formula is C21H23NO. The zero-order valence-corrected chi connectivity index (χ0v) is 13.4. The number of Topliss-reactive ketones (excluding diaryl/α,β-unsaturated/α-hetero) is 1. The van der Waals surface area contributed by atoms with Crippen molar-refractivity contribution in [3.05, 3.63) is 70.3 Å². The minimum absolute atomic E-state index is 0.210. The van der Waals surface area contributed by atoms with Gasteiger partial charge in [0.1, 0.15) is 0 Å². The van der Waals surface area contributed by atoms with E-state index >= 15 is 0 Å². The maximum atomic E-state index is 12.6. The summed E-state index contributed by atoms with van der Waals surface area (Å²) < 4.78 is 0. The molecule has 0 amide bonds. The molecule has 2 aromatic carbocycles. The molecule has 1 unspecified atom stereocenters. The van der Waals surface area contributed by atoms with Crippen molar-refractivity contribution in [2.45, 2.75) is 50.5 Å². The van der Waals surface area contributed by atoms with Crippen LogP contribution in [0.15, 0.2) is 42.5 Å². The van der Waals surface area contributed by atoms with Gasteiger partial charge in [0.25, 0.3) is 0 Å². The number of hydrogen-bond acceptors (Lipinski definition) is 2. The van der Waals surface area contributed by atoms with Crippen LogP contribution in [0.5, 0.6) is 0 Å². The number of hydrogen-bond donors (Lipinski definition) is 1. The lowest BCUT2D eigenvalue weighted by Gasteiger charge is -2.21. The van der Waals surface area contributed by atoms with Gasteiger partial charge in [0.2, 0.25) is 0 Å². The number of ketones is 1. The largest absolute Gasteiger partial charge is 0.327 e. The lowest BCUT2D eigenvalue weighted by Crippen LogP contribution is -2.28. The Hall–Kier alpha value is -1.93. The van der Waals surface area contributed by atoms with Crippen LogP contribution in [0.3, 0.4) is 0 Å². The number of carbonyl (C=O) groups is 1. The Bertz CT molecular complexity index is 728. The van der Waals surface area contributed by atoms with Crippen LogP contribution in [0.2, 0.25) is 0 Å². The fourth-order valence-electron chi connectivity index (χ4n) is 3.57. The Labute approximate surface area is 137 Å². The molecule has 2 N–H and O–H groups in total. The van der Waals surface area contributed by atoms with Crippen molar-refractivity contribution >= 4 is 5.78 Å². The second kappa shape index (κ2) is 5.93. The summed E-state index contributed by atoms with van der Waals surface area (Å²) in [5.74, 6) is 0.980. The molecule has 0 radical (unpaired) electrons. The Morgan fingerprint density at radius 3 is 2.52 bits per heavy atom. The molecule has 2 aromatic rings. The summed E-state index contributed by atoms with van der Waals surface area (Å²) in [7, 11) is 0. The van der Waals surface area contributed by atoms with E-state index in [0.29, 0.717) is 6.42 Å². The van der Waals surface area contributed by atoms with Crippen LogP contribution in [0, 0.1) is 0 Å². The first-order valence-corrected chi connectivity index (χ1v) is 8.68. The highest BCUT2D eigenvalue weighted by Gasteiger charge is 2.23. The number of nitrogens with two attached hydrogens (primary N) is 1. The molecule has 2 heteroatoms. The van der Waals surface area contributed by atoms with Gasteiger partial charge in [-0.05, 0) is 66.3 Å². The van der Waals surface area contributed by atoms with Crippen molar-refractivity contribution < 1.29 is 4.79 Å². The summed E-state index contributed by atoms with van der Waals surface area (Å²) in [5, 5.41) is 0. The third kappa shape index (κ3) is 3.23. The first kappa shape index (κ1) is 14.6. The molecule has 23 heavy (non-hydrogen) atoms. The van der Waals surface area contributed by atoms with Gasteiger partial charge in [-0.1, -0.05) is 36.4 Å². The second-order valence-electron chi connectivity index (χ2n) is 7.10. The molecule has 0 spiro atoms. The molecule has 2 aliphatic carbocycles. The smallest absolute Gasteiger partial charge is 0.167 e. The van der Waals surface area contributed by atoms with Gasteiger partial charge < -0.3 is 5.73 Å². The van der Waals surface area contributed by atoms with Gasteiger partial charge in [-0.3, -0.25) is 4.79 Å². The van der Waals surface area contributed by atoms with Crippen LogP contribution in [0.1, 0.15) is 57.8 Å².